The van der Waals surface area contributed by atoms with Gasteiger partial charge in [-0.2, -0.15) is 0 Å². The molecule has 8 bridgehead atoms. The molecule has 0 saturated heterocycles. The van der Waals surface area contributed by atoms with Crippen LogP contribution in [0.15, 0.2) is 122 Å². The van der Waals surface area contributed by atoms with Crippen molar-refractivity contribution in [3.63, 3.8) is 0 Å². The summed E-state index contributed by atoms with van der Waals surface area (Å²) in [4.78, 5) is 18.5. The predicted octanol–water partition coefficient (Wildman–Crippen LogP) is 8.31. The normalized spacial score (nSPS) is 11.2. The summed E-state index contributed by atoms with van der Waals surface area (Å²) in [5.74, 6) is 0. The number of aromatic nitrogens is 8. The third-order valence-corrected chi connectivity index (χ3v) is 9.67. The number of fused-ring (bicyclic) bond motifs is 8. The smallest absolute Gasteiger partial charge is 0.176 e. The van der Waals surface area contributed by atoms with E-state index in [2.05, 4.69) is 163 Å². The average molecular weight is 825 g/mol. The van der Waals surface area contributed by atoms with Crippen LogP contribution in [0.3, 0.4) is 0 Å². The Kier molecular flexibility index (Phi) is 12.6. The molecule has 0 saturated carbocycles. The van der Waals surface area contributed by atoms with Crippen LogP contribution in [0.1, 0.15) is 22.8 Å². The van der Waals surface area contributed by atoms with E-state index in [9.17, 15) is 0 Å². The summed E-state index contributed by atoms with van der Waals surface area (Å²) in [6.45, 7) is 0. The number of hydrogen-bond acceptors (Lipinski definition) is 2. The Hall–Kier alpha value is -5.64. The van der Waals surface area contributed by atoms with Crippen molar-refractivity contribution in [2.75, 3.05) is 0 Å². The fourth-order valence-corrected chi connectivity index (χ4v) is 7.36. The minimum absolute atomic E-state index is 0. The van der Waals surface area contributed by atoms with Crippen LogP contribution in [0, 0.1) is 0 Å². The van der Waals surface area contributed by atoms with Crippen LogP contribution in [0.2, 0.25) is 0 Å². The largest absolute Gasteiger partial charge is 0.354 e. The average Bonchev–Trinajstić information content (AvgIpc) is 3.96. The Labute approximate surface area is 350 Å². The summed E-state index contributed by atoms with van der Waals surface area (Å²) in [5, 5.41) is 0. The van der Waals surface area contributed by atoms with Crippen molar-refractivity contribution in [2.24, 2.45) is 28.2 Å². The fourth-order valence-electron chi connectivity index (χ4n) is 7.36. The molecule has 7 aromatic rings. The predicted molar refractivity (Wildman–Crippen MR) is 234 cm³/mol. The van der Waals surface area contributed by atoms with Crippen molar-refractivity contribution in [3.8, 4) is 44.5 Å². The molecule has 0 radical (unpaired) electrons. The third kappa shape index (κ3) is 7.74. The molecule has 0 fully saturated rings. The molecule has 8 nitrogen and oxygen atoms in total. The number of halogens is 4. The van der Waals surface area contributed by atoms with E-state index in [0.29, 0.717) is 0 Å². The van der Waals surface area contributed by atoms with Crippen molar-refractivity contribution < 1.29 is 18.3 Å². The Morgan fingerprint density at radius 3 is 0.946 bits per heavy atom. The Morgan fingerprint density at radius 1 is 0.357 bits per heavy atom. The molecule has 0 atom stereocenters. The molecular formula is C44H42Cl4N8+4. The Morgan fingerprint density at radius 2 is 0.625 bits per heavy atom. The lowest BCUT2D eigenvalue weighted by atomic mass is 10.0. The van der Waals surface area contributed by atoms with E-state index in [4.69, 9.17) is 9.97 Å². The second-order valence-electron chi connectivity index (χ2n) is 13.5. The number of hydrogen-bond donors (Lipinski definition) is 2. The van der Waals surface area contributed by atoms with Crippen molar-refractivity contribution in [3.05, 3.63) is 145 Å². The molecule has 9 rings (SSSR count). The fraction of sp³-hybridized carbons (Fsp3) is 0.0909. The molecule has 2 aliphatic rings. The molecule has 0 aromatic carbocycles. The molecule has 0 unspecified atom stereocenters. The first-order chi connectivity index (χ1) is 25.4. The number of H-pyrrole nitrogens is 2. The van der Waals surface area contributed by atoms with E-state index < -0.39 is 0 Å². The maximum atomic E-state index is 5.39. The van der Waals surface area contributed by atoms with Crippen LogP contribution in [0.25, 0.3) is 90.9 Å². The van der Waals surface area contributed by atoms with Crippen molar-refractivity contribution in [1.82, 2.24) is 19.9 Å². The van der Waals surface area contributed by atoms with Gasteiger partial charge in [0.2, 0.25) is 0 Å². The Balaban J connectivity index is 0.00000150. The van der Waals surface area contributed by atoms with E-state index >= 15 is 0 Å². The summed E-state index contributed by atoms with van der Waals surface area (Å²) < 4.78 is 8.31. The van der Waals surface area contributed by atoms with Crippen LogP contribution < -0.4 is 18.3 Å². The molecule has 7 aromatic heterocycles. The van der Waals surface area contributed by atoms with Crippen LogP contribution >= 0.6 is 49.6 Å². The SMILES string of the molecule is C[n+]1cccc(-c2c3nc(c(-c4ccc[n+](C)c4)c4ccc([nH]4)c(-c4ccc[n+](C)c4)c4ccc([nH]4)c(-c4ccc[n+](C)c4)c4nc2C=C4)C=C3)c1.Cl.Cl.Cl.Cl. The first-order valence-corrected chi connectivity index (χ1v) is 17.4. The van der Waals surface area contributed by atoms with Gasteiger partial charge in [0.1, 0.15) is 28.2 Å². The lowest BCUT2D eigenvalue weighted by molar-refractivity contribution is -0.671. The van der Waals surface area contributed by atoms with Gasteiger partial charge >= 0.3 is 0 Å². The molecule has 282 valence electrons. The topological polar surface area (TPSA) is 72.9 Å². The van der Waals surface area contributed by atoms with Gasteiger partial charge in [0.15, 0.2) is 49.6 Å². The highest BCUT2D eigenvalue weighted by Crippen LogP contribution is 2.37. The van der Waals surface area contributed by atoms with Crippen LogP contribution in [-0.2, 0) is 28.2 Å². The molecule has 0 aliphatic carbocycles. The van der Waals surface area contributed by atoms with Crippen molar-refractivity contribution in [2.45, 2.75) is 0 Å². The molecule has 2 N–H and O–H groups in total. The summed E-state index contributed by atoms with van der Waals surface area (Å²) in [7, 11) is 8.20. The minimum Gasteiger partial charge on any atom is -0.354 e. The second-order valence-corrected chi connectivity index (χ2v) is 13.5. The number of rotatable bonds is 4. The molecule has 0 amide bonds. The molecule has 0 spiro atoms. The maximum absolute atomic E-state index is 5.39. The number of nitrogens with one attached hydrogen (secondary N) is 2. The highest BCUT2D eigenvalue weighted by molar-refractivity contribution is 5.99. The van der Waals surface area contributed by atoms with Crippen LogP contribution in [0.4, 0.5) is 0 Å². The van der Waals surface area contributed by atoms with Gasteiger partial charge in [-0.05, 0) is 72.8 Å². The van der Waals surface area contributed by atoms with Gasteiger partial charge in [-0.15, -0.1) is 49.6 Å². The van der Waals surface area contributed by atoms with Gasteiger partial charge in [0.05, 0.1) is 28.3 Å². The van der Waals surface area contributed by atoms with E-state index in [0.717, 1.165) is 89.4 Å². The van der Waals surface area contributed by atoms with Crippen LogP contribution in [0.5, 0.6) is 0 Å². The third-order valence-electron chi connectivity index (χ3n) is 9.67. The highest BCUT2D eigenvalue weighted by atomic mass is 35.5. The van der Waals surface area contributed by atoms with Gasteiger partial charge < -0.3 is 9.97 Å². The zero-order valence-corrected chi connectivity index (χ0v) is 34.4. The number of nitrogens with zero attached hydrogens (tertiary/aromatic N) is 6. The number of pyridine rings is 4. The monoisotopic (exact) mass is 822 g/mol. The summed E-state index contributed by atoms with van der Waals surface area (Å²) in [6.07, 6.45) is 25.3. The number of aryl methyl sites for hydroxylation is 4. The Bertz CT molecular complexity index is 2680. The van der Waals surface area contributed by atoms with Gasteiger partial charge in [-0.1, -0.05) is 0 Å². The molecule has 12 heteroatoms. The summed E-state index contributed by atoms with van der Waals surface area (Å²) in [6, 6.07) is 25.6. The second kappa shape index (κ2) is 17.0. The first-order valence-electron chi connectivity index (χ1n) is 17.4. The molecular weight excluding hydrogens is 782 g/mol. The lowest BCUT2D eigenvalue weighted by Gasteiger charge is -2.05. The highest BCUT2D eigenvalue weighted by Gasteiger charge is 2.21. The van der Waals surface area contributed by atoms with Gasteiger partial charge in [-0.3, -0.25) is 0 Å². The summed E-state index contributed by atoms with van der Waals surface area (Å²) >= 11 is 0. The van der Waals surface area contributed by atoms with E-state index in [1.54, 1.807) is 0 Å². The standard InChI is InChI=1S/C44H38N8.4ClH/c1-49-21-5-9-29(25-49)41-33-13-15-35(45-33)42(30-10-6-22-50(2)26-30)37-17-19-39(47-37)44(32-12-8-24-52(4)28-32)40-20-18-38(48-40)43(36-16-14-34(41)46-36)31-11-7-23-51(3)27-31;;;;/h5-28,45-46H,1-4H3;4*1H/q+4;;;;. The molecule has 9 heterocycles. The zero-order valence-electron chi connectivity index (χ0n) is 31.2. The maximum Gasteiger partial charge on any atom is 0.176 e. The van der Waals surface area contributed by atoms with E-state index in [1.165, 1.54) is 0 Å². The van der Waals surface area contributed by atoms with Crippen molar-refractivity contribution >= 4 is 96.0 Å². The van der Waals surface area contributed by atoms with Crippen molar-refractivity contribution in [1.29, 1.82) is 0 Å². The van der Waals surface area contributed by atoms with E-state index in [-0.39, 0.29) is 49.6 Å². The molecule has 2 aliphatic heterocycles. The first kappa shape index (κ1) is 41.5. The quantitative estimate of drug-likeness (QED) is 0.176. The minimum atomic E-state index is 0. The zero-order chi connectivity index (χ0) is 35.3. The van der Waals surface area contributed by atoms with Crippen LogP contribution in [-0.4, -0.2) is 19.9 Å². The number of aromatic amines is 2. The van der Waals surface area contributed by atoms with Gasteiger partial charge in [-0.25, -0.2) is 28.2 Å². The van der Waals surface area contributed by atoms with Gasteiger partial charge in [0, 0.05) is 85.3 Å². The molecule has 56 heavy (non-hydrogen) atoms. The van der Waals surface area contributed by atoms with E-state index in [1.807, 2.05) is 39.7 Å². The van der Waals surface area contributed by atoms with Gasteiger partial charge in [0.25, 0.3) is 0 Å². The summed E-state index contributed by atoms with van der Waals surface area (Å²) in [5.41, 5.74) is 15.8. The lowest BCUT2D eigenvalue weighted by Crippen LogP contribution is -2.26.